The molecule has 4 nitrogen and oxygen atoms in total. The lowest BCUT2D eigenvalue weighted by Crippen LogP contribution is -2.13. The third kappa shape index (κ3) is 1.92. The van der Waals surface area contributed by atoms with Gasteiger partial charge in [-0.3, -0.25) is 0 Å². The van der Waals surface area contributed by atoms with Gasteiger partial charge in [0.15, 0.2) is 5.82 Å². The maximum Gasteiger partial charge on any atom is 0.451 e. The van der Waals surface area contributed by atoms with E-state index in [2.05, 4.69) is 30.9 Å². The molecule has 0 saturated carbocycles. The highest BCUT2D eigenvalue weighted by Gasteiger charge is 2.35. The fraction of sp³-hybridized carbons (Fsp3) is 0.125. The minimum Gasteiger partial charge on any atom is -0.382 e. The van der Waals surface area contributed by atoms with Gasteiger partial charge in [-0.1, -0.05) is 0 Å². The first-order valence-electron chi connectivity index (χ1n) is 4.04. The van der Waals surface area contributed by atoms with Crippen molar-refractivity contribution in [3.8, 4) is 0 Å². The second-order valence-electron chi connectivity index (χ2n) is 2.95. The molecule has 0 aliphatic carbocycles. The Hall–Kier alpha value is -1.44. The molecule has 0 spiro atoms. The quantitative estimate of drug-likeness (QED) is 0.810. The normalized spacial score (nSPS) is 12.0. The van der Waals surface area contributed by atoms with Gasteiger partial charge in [-0.25, -0.2) is 15.0 Å². The summed E-state index contributed by atoms with van der Waals surface area (Å²) >= 11 is 3.09. The van der Waals surface area contributed by atoms with Gasteiger partial charge in [-0.05, 0) is 22.0 Å². The van der Waals surface area contributed by atoms with Gasteiger partial charge < -0.3 is 5.73 Å². The zero-order valence-corrected chi connectivity index (χ0v) is 9.17. The summed E-state index contributed by atoms with van der Waals surface area (Å²) < 4.78 is 37.7. The van der Waals surface area contributed by atoms with Crippen LogP contribution in [-0.2, 0) is 6.18 Å². The first-order chi connectivity index (χ1) is 7.38. The van der Waals surface area contributed by atoms with Crippen molar-refractivity contribution in [2.45, 2.75) is 6.18 Å². The topological polar surface area (TPSA) is 64.7 Å². The number of fused-ring (bicyclic) bond motifs is 1. The lowest BCUT2D eigenvalue weighted by Gasteiger charge is -2.07. The number of aromatic nitrogens is 3. The molecule has 8 heteroatoms. The van der Waals surface area contributed by atoms with Crippen molar-refractivity contribution >= 4 is 32.8 Å². The van der Waals surface area contributed by atoms with Gasteiger partial charge in [0.25, 0.3) is 0 Å². The van der Waals surface area contributed by atoms with Gasteiger partial charge in [0.05, 0.1) is 5.52 Å². The molecule has 0 aliphatic rings. The van der Waals surface area contributed by atoms with E-state index in [0.29, 0.717) is 4.47 Å². The average molecular weight is 293 g/mol. The van der Waals surface area contributed by atoms with E-state index in [1.165, 1.54) is 12.3 Å². The van der Waals surface area contributed by atoms with Gasteiger partial charge in [0.1, 0.15) is 5.52 Å². The van der Waals surface area contributed by atoms with Crippen LogP contribution in [-0.4, -0.2) is 15.0 Å². The van der Waals surface area contributed by atoms with E-state index in [9.17, 15) is 13.2 Å². The maximum atomic E-state index is 12.4. The summed E-state index contributed by atoms with van der Waals surface area (Å²) in [6.07, 6.45) is -3.21. The molecule has 0 radical (unpaired) electrons. The monoisotopic (exact) mass is 292 g/mol. The Labute approximate surface area is 95.8 Å². The van der Waals surface area contributed by atoms with E-state index in [0.717, 1.165) is 0 Å². The molecule has 0 aliphatic heterocycles. The van der Waals surface area contributed by atoms with Crippen LogP contribution in [0.4, 0.5) is 19.0 Å². The fourth-order valence-electron chi connectivity index (χ4n) is 1.14. The molecule has 16 heavy (non-hydrogen) atoms. The standard InChI is InChI=1S/C8H4BrF3N4/c9-3-1-4-5(14-2-3)6(13)16-7(15-4)8(10,11)12/h1-2H,(H2,13,15,16). The van der Waals surface area contributed by atoms with Crippen molar-refractivity contribution in [1.82, 2.24) is 15.0 Å². The number of hydrogen-bond donors (Lipinski definition) is 1. The second-order valence-corrected chi connectivity index (χ2v) is 3.87. The number of nitrogen functional groups attached to an aromatic ring is 1. The molecule has 2 rings (SSSR count). The van der Waals surface area contributed by atoms with Crippen molar-refractivity contribution in [2.24, 2.45) is 0 Å². The summed E-state index contributed by atoms with van der Waals surface area (Å²) in [5.74, 6) is -1.55. The zero-order valence-electron chi connectivity index (χ0n) is 7.59. The van der Waals surface area contributed by atoms with E-state index in [1.807, 2.05) is 0 Å². The first kappa shape index (κ1) is 11.1. The van der Waals surface area contributed by atoms with E-state index in [1.54, 1.807) is 0 Å². The Kier molecular flexibility index (Phi) is 2.45. The molecule has 0 bridgehead atoms. The summed E-state index contributed by atoms with van der Waals surface area (Å²) in [6.45, 7) is 0. The number of rotatable bonds is 0. The van der Waals surface area contributed by atoms with Gasteiger partial charge in [0, 0.05) is 10.7 Å². The number of halogens is 4. The lowest BCUT2D eigenvalue weighted by atomic mass is 10.3. The average Bonchev–Trinajstić information content (AvgIpc) is 2.15. The second kappa shape index (κ2) is 3.55. The van der Waals surface area contributed by atoms with Crippen molar-refractivity contribution in [1.29, 1.82) is 0 Å². The molecule has 0 atom stereocenters. The van der Waals surface area contributed by atoms with E-state index >= 15 is 0 Å². The summed E-state index contributed by atoms with van der Waals surface area (Å²) in [4.78, 5) is 10.4. The van der Waals surface area contributed by atoms with Crippen molar-refractivity contribution in [3.05, 3.63) is 22.6 Å². The van der Waals surface area contributed by atoms with Crippen LogP contribution in [0, 0.1) is 0 Å². The highest BCUT2D eigenvalue weighted by atomic mass is 79.9. The Morgan fingerprint density at radius 2 is 1.94 bits per heavy atom. The minimum atomic E-state index is -4.62. The van der Waals surface area contributed by atoms with Gasteiger partial charge in [0.2, 0.25) is 5.82 Å². The Morgan fingerprint density at radius 1 is 1.25 bits per heavy atom. The van der Waals surface area contributed by atoms with Gasteiger partial charge >= 0.3 is 6.18 Å². The third-order valence-electron chi connectivity index (χ3n) is 1.78. The Bertz CT molecular complexity index is 555. The number of nitrogens with zero attached hydrogens (tertiary/aromatic N) is 3. The Morgan fingerprint density at radius 3 is 2.56 bits per heavy atom. The molecule has 0 saturated heterocycles. The molecule has 2 N–H and O–H groups in total. The molecular formula is C8H4BrF3N4. The molecule has 2 aromatic rings. The SMILES string of the molecule is Nc1nc(C(F)(F)F)nc2cc(Br)cnc12. The molecule has 0 unspecified atom stereocenters. The highest BCUT2D eigenvalue weighted by molar-refractivity contribution is 9.10. The van der Waals surface area contributed by atoms with E-state index in [4.69, 9.17) is 5.73 Å². The summed E-state index contributed by atoms with van der Waals surface area (Å²) in [5.41, 5.74) is 5.57. The van der Waals surface area contributed by atoms with Crippen molar-refractivity contribution in [2.75, 3.05) is 5.73 Å². The molecule has 2 aromatic heterocycles. The summed E-state index contributed by atoms with van der Waals surface area (Å²) in [6, 6.07) is 1.40. The number of alkyl halides is 3. The number of nitrogens with two attached hydrogens (primary N) is 1. The predicted octanol–water partition coefficient (Wildman–Crippen LogP) is 2.39. The molecule has 84 valence electrons. The third-order valence-corrected chi connectivity index (χ3v) is 2.22. The number of hydrogen-bond acceptors (Lipinski definition) is 4. The minimum absolute atomic E-state index is 0.0502. The lowest BCUT2D eigenvalue weighted by molar-refractivity contribution is -0.144. The van der Waals surface area contributed by atoms with Crippen LogP contribution in [0.2, 0.25) is 0 Å². The molecular weight excluding hydrogens is 289 g/mol. The number of anilines is 1. The van der Waals surface area contributed by atoms with Crippen molar-refractivity contribution < 1.29 is 13.2 Å². The highest BCUT2D eigenvalue weighted by Crippen LogP contribution is 2.29. The van der Waals surface area contributed by atoms with Crippen LogP contribution in [0.15, 0.2) is 16.7 Å². The Balaban J connectivity index is 2.75. The number of pyridine rings is 1. The van der Waals surface area contributed by atoms with Crippen LogP contribution >= 0.6 is 15.9 Å². The smallest absolute Gasteiger partial charge is 0.382 e. The summed E-state index contributed by atoms with van der Waals surface area (Å²) in [5, 5.41) is 0. The molecule has 2 heterocycles. The largest absolute Gasteiger partial charge is 0.451 e. The van der Waals surface area contributed by atoms with Crippen LogP contribution < -0.4 is 5.73 Å². The molecule has 0 amide bonds. The molecule has 0 aromatic carbocycles. The first-order valence-corrected chi connectivity index (χ1v) is 4.83. The van der Waals surface area contributed by atoms with Crippen LogP contribution in [0.1, 0.15) is 5.82 Å². The fourth-order valence-corrected chi connectivity index (χ4v) is 1.46. The zero-order chi connectivity index (χ0) is 11.9. The van der Waals surface area contributed by atoms with Crippen LogP contribution in [0.25, 0.3) is 11.0 Å². The molecule has 0 fully saturated rings. The van der Waals surface area contributed by atoms with E-state index in [-0.39, 0.29) is 16.9 Å². The van der Waals surface area contributed by atoms with E-state index < -0.39 is 12.0 Å². The predicted molar refractivity (Wildman–Crippen MR) is 54.4 cm³/mol. The summed E-state index contributed by atoms with van der Waals surface area (Å²) in [7, 11) is 0. The maximum absolute atomic E-state index is 12.4. The van der Waals surface area contributed by atoms with Crippen molar-refractivity contribution in [3.63, 3.8) is 0 Å². The van der Waals surface area contributed by atoms with Gasteiger partial charge in [-0.15, -0.1) is 0 Å². The van der Waals surface area contributed by atoms with Crippen LogP contribution in [0.5, 0.6) is 0 Å². The van der Waals surface area contributed by atoms with Gasteiger partial charge in [-0.2, -0.15) is 13.2 Å². The van der Waals surface area contributed by atoms with Crippen LogP contribution in [0.3, 0.4) is 0 Å².